The summed E-state index contributed by atoms with van der Waals surface area (Å²) in [5.41, 5.74) is 6.59. The van der Waals surface area contributed by atoms with Crippen molar-refractivity contribution >= 4 is 5.91 Å². The van der Waals surface area contributed by atoms with Crippen LogP contribution >= 0.6 is 0 Å². The molecule has 0 aromatic heterocycles. The largest absolute Gasteiger partial charge is 0.494 e. The van der Waals surface area contributed by atoms with Crippen molar-refractivity contribution in [2.75, 3.05) is 19.7 Å². The Morgan fingerprint density at radius 3 is 2.78 bits per heavy atom. The highest BCUT2D eigenvalue weighted by molar-refractivity contribution is 5.94. The Balaban J connectivity index is 2.03. The molecule has 0 unspecified atom stereocenters. The van der Waals surface area contributed by atoms with Crippen molar-refractivity contribution in [3.05, 3.63) is 29.8 Å². The summed E-state index contributed by atoms with van der Waals surface area (Å²) in [5.74, 6) is 0.859. The molecule has 18 heavy (non-hydrogen) atoms. The number of hydrogen-bond acceptors (Lipinski definition) is 3. The van der Waals surface area contributed by atoms with Crippen LogP contribution in [0.4, 0.5) is 0 Å². The quantitative estimate of drug-likeness (QED) is 0.885. The van der Waals surface area contributed by atoms with Gasteiger partial charge in [-0.2, -0.15) is 0 Å². The molecule has 1 atom stereocenters. The number of nitrogens with zero attached hydrogens (tertiary/aromatic N) is 1. The van der Waals surface area contributed by atoms with Crippen LogP contribution in [-0.2, 0) is 0 Å². The topological polar surface area (TPSA) is 55.6 Å². The molecule has 0 bridgehead atoms. The summed E-state index contributed by atoms with van der Waals surface area (Å²) in [7, 11) is 0. The normalized spacial score (nSPS) is 19.7. The number of benzene rings is 1. The molecular formula is C14H20N2O2. The first-order chi connectivity index (χ1) is 8.70. The average molecular weight is 248 g/mol. The lowest BCUT2D eigenvalue weighted by molar-refractivity contribution is 0.0709. The van der Waals surface area contributed by atoms with Crippen LogP contribution in [0.3, 0.4) is 0 Å². The van der Waals surface area contributed by atoms with Crippen LogP contribution in [0.15, 0.2) is 24.3 Å². The monoisotopic (exact) mass is 248 g/mol. The zero-order valence-corrected chi connectivity index (χ0v) is 10.8. The maximum atomic E-state index is 12.2. The third-order valence-electron chi connectivity index (χ3n) is 3.16. The Hall–Kier alpha value is -1.55. The SMILES string of the molecule is CCOc1ccc(C(=O)N2CCC[C@@H](N)C2)cc1. The number of ether oxygens (including phenoxy) is 1. The molecule has 1 aliphatic heterocycles. The highest BCUT2D eigenvalue weighted by atomic mass is 16.5. The molecule has 1 fully saturated rings. The van der Waals surface area contributed by atoms with E-state index in [-0.39, 0.29) is 11.9 Å². The summed E-state index contributed by atoms with van der Waals surface area (Å²) >= 11 is 0. The first-order valence-corrected chi connectivity index (χ1v) is 6.48. The van der Waals surface area contributed by atoms with Crippen LogP contribution in [0.5, 0.6) is 5.75 Å². The van der Waals surface area contributed by atoms with Gasteiger partial charge in [0.05, 0.1) is 6.61 Å². The second kappa shape index (κ2) is 5.87. The fraction of sp³-hybridized carbons (Fsp3) is 0.500. The van der Waals surface area contributed by atoms with Crippen molar-refractivity contribution in [2.24, 2.45) is 5.73 Å². The summed E-state index contributed by atoms with van der Waals surface area (Å²) in [6.07, 6.45) is 2.00. The molecule has 0 radical (unpaired) electrons. The number of carbonyl (C=O) groups excluding carboxylic acids is 1. The Labute approximate surface area is 108 Å². The predicted octanol–water partition coefficient (Wildman–Crippen LogP) is 1.65. The Morgan fingerprint density at radius 2 is 2.17 bits per heavy atom. The number of carbonyl (C=O) groups is 1. The Morgan fingerprint density at radius 1 is 1.44 bits per heavy atom. The molecule has 1 amide bonds. The van der Waals surface area contributed by atoms with E-state index in [0.717, 1.165) is 25.1 Å². The molecule has 1 aliphatic rings. The minimum absolute atomic E-state index is 0.0631. The van der Waals surface area contributed by atoms with E-state index in [4.69, 9.17) is 10.5 Å². The Kier molecular flexibility index (Phi) is 4.20. The van der Waals surface area contributed by atoms with Crippen molar-refractivity contribution in [2.45, 2.75) is 25.8 Å². The first-order valence-electron chi connectivity index (χ1n) is 6.48. The Bertz CT molecular complexity index is 403. The minimum atomic E-state index is 0.0631. The summed E-state index contributed by atoms with van der Waals surface area (Å²) < 4.78 is 5.36. The smallest absolute Gasteiger partial charge is 0.253 e. The van der Waals surface area contributed by atoms with Crippen LogP contribution < -0.4 is 10.5 Å². The second-order valence-corrected chi connectivity index (χ2v) is 4.61. The van der Waals surface area contributed by atoms with E-state index < -0.39 is 0 Å². The molecular weight excluding hydrogens is 228 g/mol. The van der Waals surface area contributed by atoms with Crippen LogP contribution in [0, 0.1) is 0 Å². The standard InChI is InChI=1S/C14H20N2O2/c1-2-18-13-7-5-11(6-8-13)14(17)16-9-3-4-12(15)10-16/h5-8,12H,2-4,9-10,15H2,1H3/t12-/m1/s1. The van der Waals surface area contributed by atoms with Crippen LogP contribution in [0.25, 0.3) is 0 Å². The van der Waals surface area contributed by atoms with Gasteiger partial charge in [0.25, 0.3) is 5.91 Å². The van der Waals surface area contributed by atoms with E-state index in [0.29, 0.717) is 18.7 Å². The van der Waals surface area contributed by atoms with Gasteiger partial charge in [-0.15, -0.1) is 0 Å². The third-order valence-corrected chi connectivity index (χ3v) is 3.16. The van der Waals surface area contributed by atoms with E-state index in [1.165, 1.54) is 0 Å². The molecule has 2 N–H and O–H groups in total. The zero-order valence-electron chi connectivity index (χ0n) is 10.8. The van der Waals surface area contributed by atoms with E-state index in [2.05, 4.69) is 0 Å². The van der Waals surface area contributed by atoms with Crippen molar-refractivity contribution in [1.29, 1.82) is 0 Å². The van der Waals surface area contributed by atoms with Gasteiger partial charge in [-0.05, 0) is 44.0 Å². The van der Waals surface area contributed by atoms with Gasteiger partial charge in [0.2, 0.25) is 0 Å². The fourth-order valence-electron chi connectivity index (χ4n) is 2.24. The van der Waals surface area contributed by atoms with Crippen LogP contribution in [0.2, 0.25) is 0 Å². The van der Waals surface area contributed by atoms with Gasteiger partial charge in [0.15, 0.2) is 0 Å². The number of piperidine rings is 1. The van der Waals surface area contributed by atoms with Crippen molar-refractivity contribution in [3.8, 4) is 5.75 Å². The van der Waals surface area contributed by atoms with Crippen LogP contribution in [0.1, 0.15) is 30.1 Å². The lowest BCUT2D eigenvalue weighted by Crippen LogP contribution is -2.45. The van der Waals surface area contributed by atoms with Crippen molar-refractivity contribution in [3.63, 3.8) is 0 Å². The third kappa shape index (κ3) is 3.01. The number of nitrogens with two attached hydrogens (primary N) is 1. The molecule has 1 aromatic carbocycles. The summed E-state index contributed by atoms with van der Waals surface area (Å²) in [5, 5.41) is 0. The van der Waals surface area contributed by atoms with E-state index in [1.807, 2.05) is 36.1 Å². The van der Waals surface area contributed by atoms with E-state index in [9.17, 15) is 4.79 Å². The van der Waals surface area contributed by atoms with Gasteiger partial charge >= 0.3 is 0 Å². The van der Waals surface area contributed by atoms with E-state index in [1.54, 1.807) is 0 Å². The van der Waals surface area contributed by atoms with Crippen molar-refractivity contribution < 1.29 is 9.53 Å². The molecule has 1 heterocycles. The van der Waals surface area contributed by atoms with Gasteiger partial charge in [0.1, 0.15) is 5.75 Å². The van der Waals surface area contributed by atoms with E-state index >= 15 is 0 Å². The lowest BCUT2D eigenvalue weighted by atomic mass is 10.1. The molecule has 0 spiro atoms. The summed E-state index contributed by atoms with van der Waals surface area (Å²) in [4.78, 5) is 14.1. The maximum Gasteiger partial charge on any atom is 0.253 e. The molecule has 4 nitrogen and oxygen atoms in total. The highest BCUT2D eigenvalue weighted by Gasteiger charge is 2.22. The number of rotatable bonds is 3. The summed E-state index contributed by atoms with van der Waals surface area (Å²) in [6, 6.07) is 7.41. The highest BCUT2D eigenvalue weighted by Crippen LogP contribution is 2.16. The molecule has 4 heteroatoms. The molecule has 2 rings (SSSR count). The average Bonchev–Trinajstić information content (AvgIpc) is 2.39. The number of hydrogen-bond donors (Lipinski definition) is 1. The fourth-order valence-corrected chi connectivity index (χ4v) is 2.24. The van der Waals surface area contributed by atoms with Gasteiger partial charge in [-0.1, -0.05) is 0 Å². The first kappa shape index (κ1) is 12.9. The number of likely N-dealkylation sites (tertiary alicyclic amines) is 1. The number of amides is 1. The van der Waals surface area contributed by atoms with Gasteiger partial charge in [-0.25, -0.2) is 0 Å². The lowest BCUT2D eigenvalue weighted by Gasteiger charge is -2.30. The maximum absolute atomic E-state index is 12.2. The second-order valence-electron chi connectivity index (χ2n) is 4.61. The van der Waals surface area contributed by atoms with Crippen LogP contribution in [-0.4, -0.2) is 36.5 Å². The van der Waals surface area contributed by atoms with Crippen molar-refractivity contribution in [1.82, 2.24) is 4.90 Å². The zero-order chi connectivity index (χ0) is 13.0. The van der Waals surface area contributed by atoms with Gasteiger partial charge in [0, 0.05) is 24.7 Å². The summed E-state index contributed by atoms with van der Waals surface area (Å²) in [6.45, 7) is 4.04. The van der Waals surface area contributed by atoms with Gasteiger partial charge < -0.3 is 15.4 Å². The predicted molar refractivity (Wildman–Crippen MR) is 70.7 cm³/mol. The molecule has 98 valence electrons. The molecule has 0 aliphatic carbocycles. The minimum Gasteiger partial charge on any atom is -0.494 e. The van der Waals surface area contributed by atoms with Gasteiger partial charge in [-0.3, -0.25) is 4.79 Å². The molecule has 1 saturated heterocycles. The molecule has 1 aromatic rings. The molecule has 0 saturated carbocycles.